The molecule has 1 atom stereocenters. The maximum absolute atomic E-state index is 13.7. The number of methoxy groups -OCH3 is 1. The van der Waals surface area contributed by atoms with Crippen LogP contribution in [0.5, 0.6) is 0 Å². The average Bonchev–Trinajstić information content (AvgIpc) is 3.30. The monoisotopic (exact) mass is 485 g/mol. The van der Waals surface area contributed by atoms with Crippen molar-refractivity contribution in [3.8, 4) is 0 Å². The Bertz CT molecular complexity index is 1180. The molecular formula is C25H28FN3O6. The molecule has 0 aliphatic carbocycles. The first kappa shape index (κ1) is 24.6. The molecule has 35 heavy (non-hydrogen) atoms. The molecule has 3 heterocycles. The quantitative estimate of drug-likeness (QED) is 0.280. The minimum atomic E-state index is -0.910. The van der Waals surface area contributed by atoms with E-state index < -0.39 is 35.3 Å². The molecule has 4 rings (SSSR count). The topological polar surface area (TPSA) is 112 Å². The van der Waals surface area contributed by atoms with Crippen LogP contribution in [-0.2, 0) is 19.1 Å². The molecule has 9 nitrogen and oxygen atoms in total. The number of aryl methyl sites for hydroxylation is 1. The predicted octanol–water partition coefficient (Wildman–Crippen LogP) is 2.31. The number of carbonyl (C=O) groups is 3. The van der Waals surface area contributed by atoms with E-state index in [4.69, 9.17) is 9.47 Å². The predicted molar refractivity (Wildman–Crippen MR) is 124 cm³/mol. The number of halogens is 1. The van der Waals surface area contributed by atoms with Crippen LogP contribution in [0.25, 0.3) is 5.76 Å². The van der Waals surface area contributed by atoms with Gasteiger partial charge in [0.2, 0.25) is 0 Å². The molecule has 10 heteroatoms. The van der Waals surface area contributed by atoms with Gasteiger partial charge in [-0.1, -0.05) is 12.1 Å². The van der Waals surface area contributed by atoms with Gasteiger partial charge in [-0.2, -0.15) is 0 Å². The molecule has 1 aromatic heterocycles. The zero-order valence-electron chi connectivity index (χ0n) is 19.9. The maximum Gasteiger partial charge on any atom is 0.354 e. The van der Waals surface area contributed by atoms with Crippen LogP contribution in [0.2, 0.25) is 0 Å². The fraction of sp³-hybridized carbons (Fsp3) is 0.400. The average molecular weight is 486 g/mol. The fourth-order valence-corrected chi connectivity index (χ4v) is 4.72. The standard InChI is InChI=1S/C25H28FN3O6/c1-14-18(15(2)27-20(14)25(33)34-3)22(30)19-21(16-4-6-17(26)7-5-16)29(24(32)23(19)31)9-8-28-10-12-35-13-11-28/h4-7,21,27,30H,8-13H2,1-3H3/b22-19-. The van der Waals surface area contributed by atoms with Gasteiger partial charge in [-0.25, -0.2) is 9.18 Å². The number of aliphatic hydroxyl groups is 1. The smallest absolute Gasteiger partial charge is 0.354 e. The summed E-state index contributed by atoms with van der Waals surface area (Å²) >= 11 is 0. The number of aromatic amines is 1. The van der Waals surface area contributed by atoms with Crippen molar-refractivity contribution in [1.29, 1.82) is 0 Å². The van der Waals surface area contributed by atoms with Crippen molar-refractivity contribution in [2.24, 2.45) is 0 Å². The van der Waals surface area contributed by atoms with Crippen molar-refractivity contribution < 1.29 is 33.4 Å². The number of aliphatic hydroxyl groups excluding tert-OH is 1. The third-order valence-corrected chi connectivity index (χ3v) is 6.55. The van der Waals surface area contributed by atoms with Gasteiger partial charge >= 0.3 is 5.97 Å². The van der Waals surface area contributed by atoms with E-state index in [-0.39, 0.29) is 23.4 Å². The summed E-state index contributed by atoms with van der Waals surface area (Å²) in [5.41, 5.74) is 1.62. The number of esters is 1. The van der Waals surface area contributed by atoms with Crippen LogP contribution in [0, 0.1) is 19.7 Å². The van der Waals surface area contributed by atoms with Crippen molar-refractivity contribution in [1.82, 2.24) is 14.8 Å². The van der Waals surface area contributed by atoms with E-state index in [1.165, 1.54) is 36.3 Å². The van der Waals surface area contributed by atoms with E-state index in [0.717, 1.165) is 0 Å². The second-order valence-electron chi connectivity index (χ2n) is 8.61. The van der Waals surface area contributed by atoms with Crippen molar-refractivity contribution in [2.75, 3.05) is 46.5 Å². The summed E-state index contributed by atoms with van der Waals surface area (Å²) in [4.78, 5) is 44.9. The Morgan fingerprint density at radius 3 is 2.46 bits per heavy atom. The molecule has 186 valence electrons. The van der Waals surface area contributed by atoms with Gasteiger partial charge in [0.15, 0.2) is 0 Å². The molecule has 1 amide bonds. The number of hydrogen-bond donors (Lipinski definition) is 2. The molecule has 2 N–H and O–H groups in total. The van der Waals surface area contributed by atoms with Crippen LogP contribution in [0.4, 0.5) is 4.39 Å². The minimum Gasteiger partial charge on any atom is -0.507 e. The number of ether oxygens (including phenoxy) is 2. The molecule has 2 aliphatic heterocycles. The number of likely N-dealkylation sites (tertiary alicyclic amines) is 1. The summed E-state index contributed by atoms with van der Waals surface area (Å²) in [6.45, 7) is 6.63. The van der Waals surface area contributed by atoms with Crippen LogP contribution in [-0.4, -0.2) is 84.1 Å². The summed E-state index contributed by atoms with van der Waals surface area (Å²) < 4.78 is 23.8. The van der Waals surface area contributed by atoms with Crippen molar-refractivity contribution in [3.05, 3.63) is 63.7 Å². The number of benzene rings is 1. The number of aromatic nitrogens is 1. The number of morpholine rings is 1. The van der Waals surface area contributed by atoms with Gasteiger partial charge in [0, 0.05) is 37.4 Å². The van der Waals surface area contributed by atoms with Crippen molar-refractivity contribution in [3.63, 3.8) is 0 Å². The number of H-pyrrole nitrogens is 1. The van der Waals surface area contributed by atoms with E-state index in [1.54, 1.807) is 13.8 Å². The molecule has 0 bridgehead atoms. The molecular weight excluding hydrogens is 457 g/mol. The van der Waals surface area contributed by atoms with E-state index in [1.807, 2.05) is 0 Å². The first-order chi connectivity index (χ1) is 16.7. The molecule has 2 aromatic rings. The van der Waals surface area contributed by atoms with Crippen molar-refractivity contribution in [2.45, 2.75) is 19.9 Å². The highest BCUT2D eigenvalue weighted by atomic mass is 19.1. The molecule has 2 aliphatic rings. The van der Waals surface area contributed by atoms with E-state index in [9.17, 15) is 23.9 Å². The lowest BCUT2D eigenvalue weighted by Gasteiger charge is -2.31. The number of Topliss-reactive ketones (excluding diaryl/α,β-unsaturated/α-hetero) is 1. The number of rotatable bonds is 6. The number of hydrogen-bond acceptors (Lipinski definition) is 7. The van der Waals surface area contributed by atoms with Crippen LogP contribution >= 0.6 is 0 Å². The Balaban J connectivity index is 1.79. The largest absolute Gasteiger partial charge is 0.507 e. The summed E-state index contributed by atoms with van der Waals surface area (Å²) in [6.07, 6.45) is 0. The Labute approximate surface area is 202 Å². The first-order valence-corrected chi connectivity index (χ1v) is 11.4. The molecule has 2 saturated heterocycles. The molecule has 2 fully saturated rings. The van der Waals surface area contributed by atoms with E-state index >= 15 is 0 Å². The summed E-state index contributed by atoms with van der Waals surface area (Å²) in [5.74, 6) is -3.05. The van der Waals surface area contributed by atoms with Crippen LogP contribution < -0.4 is 0 Å². The molecule has 0 spiro atoms. The van der Waals surface area contributed by atoms with E-state index in [0.29, 0.717) is 49.7 Å². The lowest BCUT2D eigenvalue weighted by Crippen LogP contribution is -2.42. The zero-order chi connectivity index (χ0) is 25.3. The lowest BCUT2D eigenvalue weighted by atomic mass is 9.94. The fourth-order valence-electron chi connectivity index (χ4n) is 4.72. The van der Waals surface area contributed by atoms with Crippen molar-refractivity contribution >= 4 is 23.4 Å². The normalized spacial score (nSPS) is 20.5. The molecule has 1 aromatic carbocycles. The Morgan fingerprint density at radius 2 is 1.83 bits per heavy atom. The molecule has 0 saturated carbocycles. The zero-order valence-corrected chi connectivity index (χ0v) is 19.9. The highest BCUT2D eigenvalue weighted by Crippen LogP contribution is 2.40. The minimum absolute atomic E-state index is 0.106. The SMILES string of the molecule is COC(=O)c1[nH]c(C)c(/C(O)=C2/C(=O)C(=O)N(CCN3CCOCC3)C2c2ccc(F)cc2)c1C. The third kappa shape index (κ3) is 4.59. The second-order valence-corrected chi connectivity index (χ2v) is 8.61. The summed E-state index contributed by atoms with van der Waals surface area (Å²) in [5, 5.41) is 11.4. The Morgan fingerprint density at radius 1 is 1.17 bits per heavy atom. The van der Waals surface area contributed by atoms with Crippen LogP contribution in [0.3, 0.4) is 0 Å². The number of nitrogens with zero attached hydrogens (tertiary/aromatic N) is 2. The third-order valence-electron chi connectivity index (χ3n) is 6.55. The summed E-state index contributed by atoms with van der Waals surface area (Å²) in [6, 6.07) is 4.58. The molecule has 0 radical (unpaired) electrons. The number of ketones is 1. The number of carbonyl (C=O) groups excluding carboxylic acids is 3. The Hall–Kier alpha value is -3.50. The van der Waals surface area contributed by atoms with Crippen LogP contribution in [0.15, 0.2) is 29.8 Å². The van der Waals surface area contributed by atoms with Gasteiger partial charge in [0.1, 0.15) is 17.3 Å². The Kier molecular flexibility index (Phi) is 7.04. The van der Waals surface area contributed by atoms with Gasteiger partial charge < -0.3 is 24.5 Å². The molecule has 1 unspecified atom stereocenters. The lowest BCUT2D eigenvalue weighted by molar-refractivity contribution is -0.140. The van der Waals surface area contributed by atoms with Gasteiger partial charge in [-0.3, -0.25) is 14.5 Å². The second kappa shape index (κ2) is 10.0. The van der Waals surface area contributed by atoms with Gasteiger partial charge in [0.25, 0.3) is 11.7 Å². The van der Waals surface area contributed by atoms with Gasteiger partial charge in [-0.05, 0) is 37.1 Å². The first-order valence-electron chi connectivity index (χ1n) is 11.4. The highest BCUT2D eigenvalue weighted by Gasteiger charge is 2.46. The highest BCUT2D eigenvalue weighted by molar-refractivity contribution is 6.46. The van der Waals surface area contributed by atoms with Crippen LogP contribution in [0.1, 0.15) is 38.9 Å². The van der Waals surface area contributed by atoms with E-state index in [2.05, 4.69) is 9.88 Å². The number of nitrogens with one attached hydrogen (secondary N) is 1. The summed E-state index contributed by atoms with van der Waals surface area (Å²) in [7, 11) is 1.24. The maximum atomic E-state index is 13.7. The van der Waals surface area contributed by atoms with Gasteiger partial charge in [0.05, 0.1) is 31.9 Å². The number of amides is 1. The van der Waals surface area contributed by atoms with Gasteiger partial charge in [-0.15, -0.1) is 0 Å².